The molecular formula is C42H54N4O5. The summed E-state index contributed by atoms with van der Waals surface area (Å²) in [6.45, 7) is 5.06. The van der Waals surface area contributed by atoms with Gasteiger partial charge in [0, 0.05) is 49.3 Å². The van der Waals surface area contributed by atoms with Gasteiger partial charge in [-0.3, -0.25) is 10.1 Å². The largest absolute Gasteiger partial charge is 0.504 e. The Hall–Kier alpha value is -4.07. The molecule has 0 unspecified atom stereocenters. The number of nitrogens with zero attached hydrogens (tertiary/aromatic N) is 1. The second-order valence-electron chi connectivity index (χ2n) is 14.3. The average molecular weight is 695 g/mol. The van der Waals surface area contributed by atoms with E-state index in [-0.39, 0.29) is 30.0 Å². The molecule has 5 atom stereocenters. The fraction of sp³-hybridized carbons (Fsp3) is 0.500. The Bertz CT molecular complexity index is 1870. The standard InChI is InChI=1S/C42H54N4O5/c1-3-5-7-10-32(37(48)11-8-6-4-2)38(49)18-14-27-15-19-39(50)40(22-27)51-41-13-9-12-36(47)30-16-17-31-29(20-21-44-42(31)43)33(30)23-28-24-45-35-26-46(41)25-34(28)35/h15-17,19,22,24-26,32,36-37,41-42,44-45,47-48,50H,3-8,10-11,13-14,18,20-21,23,43H2,1-2H3/t32-,36+,37-,41-,42-/m1/s1. The number of carbonyl (C=O) groups excluding carboxylic acids is 1. The van der Waals surface area contributed by atoms with Crippen LogP contribution in [0.2, 0.25) is 0 Å². The fourth-order valence-electron chi connectivity index (χ4n) is 7.76. The number of aromatic hydroxyl groups is 1. The monoisotopic (exact) mass is 694 g/mol. The third-order valence-corrected chi connectivity index (χ3v) is 10.7. The maximum Gasteiger partial charge on any atom is 0.186 e. The molecule has 4 heterocycles. The molecule has 7 N–H and O–H groups in total. The molecule has 2 aliphatic rings. The van der Waals surface area contributed by atoms with Gasteiger partial charge in [-0.15, -0.1) is 0 Å². The van der Waals surface area contributed by atoms with Gasteiger partial charge in [0.05, 0.1) is 24.2 Å². The second-order valence-corrected chi connectivity index (χ2v) is 14.3. The molecule has 51 heavy (non-hydrogen) atoms. The number of aromatic nitrogens is 2. The van der Waals surface area contributed by atoms with Crippen LogP contribution in [0.3, 0.4) is 0 Å². The van der Waals surface area contributed by atoms with Gasteiger partial charge in [0.2, 0.25) is 0 Å². The molecule has 9 heteroatoms. The molecule has 272 valence electrons. The van der Waals surface area contributed by atoms with Crippen molar-refractivity contribution in [1.29, 1.82) is 0 Å². The van der Waals surface area contributed by atoms with E-state index in [0.29, 0.717) is 37.9 Å². The summed E-state index contributed by atoms with van der Waals surface area (Å²) >= 11 is 0. The first-order valence-corrected chi connectivity index (χ1v) is 18.9. The summed E-state index contributed by atoms with van der Waals surface area (Å²) in [6, 6.07) is 9.17. The molecule has 6 rings (SSSR count). The summed E-state index contributed by atoms with van der Waals surface area (Å²) in [6.07, 6.45) is 13.6. The van der Waals surface area contributed by atoms with Crippen LogP contribution in [0.5, 0.6) is 11.5 Å². The number of aliphatic hydroxyl groups is 2. The third kappa shape index (κ3) is 8.53. The van der Waals surface area contributed by atoms with E-state index in [9.17, 15) is 20.1 Å². The van der Waals surface area contributed by atoms with Gasteiger partial charge < -0.3 is 35.3 Å². The van der Waals surface area contributed by atoms with Gasteiger partial charge in [-0.05, 0) is 71.2 Å². The van der Waals surface area contributed by atoms with Crippen LogP contribution in [0.15, 0.2) is 48.9 Å². The Labute approximate surface area is 301 Å². The van der Waals surface area contributed by atoms with Crippen LogP contribution in [0.1, 0.15) is 130 Å². The topological polar surface area (TPSA) is 146 Å². The summed E-state index contributed by atoms with van der Waals surface area (Å²) < 4.78 is 8.45. The van der Waals surface area contributed by atoms with E-state index in [2.05, 4.69) is 42.2 Å². The number of unbranched alkanes of at least 4 members (excludes halogenated alkanes) is 4. The number of hydrogen-bond acceptors (Lipinski definition) is 7. The van der Waals surface area contributed by atoms with Crippen molar-refractivity contribution in [2.24, 2.45) is 11.7 Å². The molecular weight excluding hydrogens is 640 g/mol. The van der Waals surface area contributed by atoms with Crippen LogP contribution in [0.25, 0.3) is 10.9 Å². The van der Waals surface area contributed by atoms with E-state index in [1.807, 2.05) is 35.2 Å². The van der Waals surface area contributed by atoms with Crippen molar-refractivity contribution in [1.82, 2.24) is 14.9 Å². The van der Waals surface area contributed by atoms with Crippen LogP contribution in [0.4, 0.5) is 0 Å². The maximum absolute atomic E-state index is 13.5. The number of phenols is 1. The number of carbonyl (C=O) groups is 1. The van der Waals surface area contributed by atoms with E-state index in [4.69, 9.17) is 10.5 Å². The van der Waals surface area contributed by atoms with E-state index < -0.39 is 18.4 Å². The smallest absolute Gasteiger partial charge is 0.186 e. The van der Waals surface area contributed by atoms with Crippen molar-refractivity contribution in [3.8, 4) is 23.3 Å². The van der Waals surface area contributed by atoms with Gasteiger partial charge in [-0.1, -0.05) is 82.4 Å². The highest BCUT2D eigenvalue weighted by Crippen LogP contribution is 2.36. The van der Waals surface area contributed by atoms with Crippen molar-refractivity contribution >= 4 is 16.7 Å². The first-order valence-electron chi connectivity index (χ1n) is 18.9. The predicted molar refractivity (Wildman–Crippen MR) is 200 cm³/mol. The van der Waals surface area contributed by atoms with Crippen LogP contribution in [0, 0.1) is 17.8 Å². The second kappa shape index (κ2) is 17.0. The van der Waals surface area contributed by atoms with E-state index in [1.165, 1.54) is 5.56 Å². The molecule has 0 saturated heterocycles. The number of aliphatic hydroxyl groups excluding tert-OH is 2. The zero-order valence-corrected chi connectivity index (χ0v) is 30.1. The molecule has 2 aromatic heterocycles. The number of hydrogen-bond donors (Lipinski definition) is 6. The van der Waals surface area contributed by atoms with Crippen molar-refractivity contribution < 1.29 is 24.9 Å². The molecule has 9 nitrogen and oxygen atoms in total. The van der Waals surface area contributed by atoms with E-state index in [0.717, 1.165) is 90.2 Å². The molecule has 2 aromatic carbocycles. The molecule has 0 spiro atoms. The zero-order valence-electron chi connectivity index (χ0n) is 30.1. The van der Waals surface area contributed by atoms with Gasteiger partial charge in [-0.2, -0.15) is 0 Å². The number of fused-ring (bicyclic) bond motifs is 4. The van der Waals surface area contributed by atoms with Crippen LogP contribution in [-0.2, 0) is 24.1 Å². The number of rotatable bonds is 15. The van der Waals surface area contributed by atoms with Gasteiger partial charge in [0.1, 0.15) is 11.9 Å². The molecule has 0 fully saturated rings. The summed E-state index contributed by atoms with van der Waals surface area (Å²) in [4.78, 5) is 16.9. The van der Waals surface area contributed by atoms with E-state index in [1.54, 1.807) is 12.1 Å². The lowest BCUT2D eigenvalue weighted by Crippen LogP contribution is -2.36. The molecule has 0 amide bonds. The van der Waals surface area contributed by atoms with Gasteiger partial charge in [-0.25, -0.2) is 0 Å². The summed E-state index contributed by atoms with van der Waals surface area (Å²) in [5, 5.41) is 37.6. The number of phenolic OH excluding ortho intramolecular Hbond substituents is 1. The normalized spacial score (nSPS) is 19.7. The maximum atomic E-state index is 13.5. The van der Waals surface area contributed by atoms with Crippen LogP contribution in [-0.4, -0.2) is 43.3 Å². The molecule has 0 saturated carbocycles. The third-order valence-electron chi connectivity index (χ3n) is 10.7. The van der Waals surface area contributed by atoms with E-state index >= 15 is 0 Å². The summed E-state index contributed by atoms with van der Waals surface area (Å²) in [7, 11) is 0. The highest BCUT2D eigenvalue weighted by atomic mass is 16.5. The Morgan fingerprint density at radius 3 is 2.65 bits per heavy atom. The Morgan fingerprint density at radius 2 is 1.84 bits per heavy atom. The number of Topliss-reactive ketones (excluding diaryl/α,β-unsaturated/α-hetero) is 1. The Kier molecular flexibility index (Phi) is 12.2. The SMILES string of the molecule is CCCCC[C@@H](O)[C@@H](CCCCC)C(=O)CCc1ccc(O)c(O[C@@H]2CC#C[C@H](O)c3ccc4c(c3Cc3c[nH]c5cn2cc35)CCN[C@H]4N)c1. The first-order chi connectivity index (χ1) is 24.8. The average Bonchev–Trinajstić information content (AvgIpc) is 3.71. The van der Waals surface area contributed by atoms with Crippen molar-refractivity contribution in [3.05, 3.63) is 82.3 Å². The number of aromatic amines is 1. The fourth-order valence-corrected chi connectivity index (χ4v) is 7.76. The van der Waals surface area contributed by atoms with Gasteiger partial charge in [0.25, 0.3) is 0 Å². The van der Waals surface area contributed by atoms with Gasteiger partial charge in [0.15, 0.2) is 17.7 Å². The van der Waals surface area contributed by atoms with Crippen LogP contribution >= 0.6 is 0 Å². The summed E-state index contributed by atoms with van der Waals surface area (Å²) in [5.41, 5.74) is 13.4. The van der Waals surface area contributed by atoms with Crippen molar-refractivity contribution in [3.63, 3.8) is 0 Å². The molecule has 2 bridgehead atoms. The predicted octanol–water partition coefficient (Wildman–Crippen LogP) is 7.03. The lowest BCUT2D eigenvalue weighted by molar-refractivity contribution is -0.126. The molecule has 4 aromatic rings. The number of nitrogens with one attached hydrogen (secondary N) is 2. The van der Waals surface area contributed by atoms with Gasteiger partial charge >= 0.3 is 0 Å². The lowest BCUT2D eigenvalue weighted by atomic mass is 9.85. The summed E-state index contributed by atoms with van der Waals surface area (Å²) in [5.74, 6) is 6.28. The Balaban J connectivity index is 1.21. The number of ether oxygens (including phenoxy) is 1. The van der Waals surface area contributed by atoms with Crippen molar-refractivity contribution in [2.75, 3.05) is 6.54 Å². The van der Waals surface area contributed by atoms with Crippen LogP contribution < -0.4 is 15.8 Å². The molecule has 0 radical (unpaired) electrons. The molecule has 2 aliphatic heterocycles. The zero-order chi connectivity index (χ0) is 35.9. The Morgan fingerprint density at radius 1 is 1.06 bits per heavy atom. The first kappa shape index (κ1) is 36.7. The number of benzene rings is 2. The minimum atomic E-state index is -0.981. The number of nitrogens with two attached hydrogens (primary N) is 1. The number of H-pyrrole nitrogens is 1. The minimum Gasteiger partial charge on any atom is -0.504 e. The van der Waals surface area contributed by atoms with Crippen molar-refractivity contribution in [2.45, 2.75) is 122 Å². The highest BCUT2D eigenvalue weighted by molar-refractivity contribution is 5.84. The lowest BCUT2D eigenvalue weighted by Gasteiger charge is -2.28. The number of ketones is 1. The quantitative estimate of drug-likeness (QED) is 0.0579. The minimum absolute atomic E-state index is 0.00205. The molecule has 0 aliphatic carbocycles. The number of aryl methyl sites for hydroxylation is 1. The highest BCUT2D eigenvalue weighted by Gasteiger charge is 2.27.